The Morgan fingerprint density at radius 3 is 2.62 bits per heavy atom. The van der Waals surface area contributed by atoms with Gasteiger partial charge in [0.15, 0.2) is 6.61 Å². The molecule has 0 aliphatic carbocycles. The lowest BCUT2D eigenvalue weighted by Gasteiger charge is -2.08. The van der Waals surface area contributed by atoms with E-state index in [1.807, 2.05) is 30.3 Å². The van der Waals surface area contributed by atoms with Gasteiger partial charge in [-0.1, -0.05) is 6.07 Å². The second kappa shape index (κ2) is 7.82. The summed E-state index contributed by atoms with van der Waals surface area (Å²) in [4.78, 5) is 15.8. The van der Waals surface area contributed by atoms with Gasteiger partial charge in [-0.15, -0.1) is 0 Å². The predicted octanol–water partition coefficient (Wildman–Crippen LogP) is 2.39. The SMILES string of the molecule is COc1ccc(CNC(=O)COc2ccc(I)cc2)cn1. The van der Waals surface area contributed by atoms with Crippen molar-refractivity contribution in [3.05, 3.63) is 51.7 Å². The van der Waals surface area contributed by atoms with Crippen LogP contribution < -0.4 is 14.8 Å². The maximum Gasteiger partial charge on any atom is 0.258 e. The Morgan fingerprint density at radius 2 is 2.00 bits per heavy atom. The van der Waals surface area contributed by atoms with Crippen LogP contribution in [-0.4, -0.2) is 24.6 Å². The van der Waals surface area contributed by atoms with E-state index in [2.05, 4.69) is 32.9 Å². The Kier molecular flexibility index (Phi) is 5.79. The quantitative estimate of drug-likeness (QED) is 0.760. The maximum atomic E-state index is 11.7. The maximum absolute atomic E-state index is 11.7. The van der Waals surface area contributed by atoms with E-state index in [1.54, 1.807) is 19.4 Å². The third-order valence-electron chi connectivity index (χ3n) is 2.68. The third-order valence-corrected chi connectivity index (χ3v) is 3.40. The molecule has 0 fully saturated rings. The minimum atomic E-state index is -0.177. The smallest absolute Gasteiger partial charge is 0.258 e. The van der Waals surface area contributed by atoms with E-state index in [0.29, 0.717) is 18.2 Å². The highest BCUT2D eigenvalue weighted by Gasteiger charge is 2.03. The zero-order valence-corrected chi connectivity index (χ0v) is 13.7. The molecule has 1 aromatic heterocycles. The van der Waals surface area contributed by atoms with Crippen LogP contribution in [0.1, 0.15) is 5.56 Å². The Morgan fingerprint density at radius 1 is 1.24 bits per heavy atom. The molecule has 0 spiro atoms. The molecule has 0 aliphatic rings. The third kappa shape index (κ3) is 5.22. The number of hydrogen-bond acceptors (Lipinski definition) is 4. The molecule has 0 bridgehead atoms. The summed E-state index contributed by atoms with van der Waals surface area (Å²) in [5.41, 5.74) is 0.901. The molecule has 6 heteroatoms. The monoisotopic (exact) mass is 398 g/mol. The van der Waals surface area contributed by atoms with Crippen LogP contribution in [0.5, 0.6) is 11.6 Å². The average Bonchev–Trinajstić information content (AvgIpc) is 2.53. The van der Waals surface area contributed by atoms with E-state index in [-0.39, 0.29) is 12.5 Å². The summed E-state index contributed by atoms with van der Waals surface area (Å²) in [6, 6.07) is 11.1. The lowest BCUT2D eigenvalue weighted by Crippen LogP contribution is -2.28. The van der Waals surface area contributed by atoms with E-state index in [4.69, 9.17) is 9.47 Å². The Labute approximate surface area is 136 Å². The second-order valence-corrected chi connectivity index (χ2v) is 5.47. The number of rotatable bonds is 6. The van der Waals surface area contributed by atoms with Crippen LogP contribution in [0.3, 0.4) is 0 Å². The van der Waals surface area contributed by atoms with Crippen LogP contribution in [0.15, 0.2) is 42.6 Å². The van der Waals surface area contributed by atoms with E-state index in [9.17, 15) is 4.79 Å². The number of nitrogens with one attached hydrogen (secondary N) is 1. The van der Waals surface area contributed by atoms with E-state index in [0.717, 1.165) is 9.13 Å². The van der Waals surface area contributed by atoms with Gasteiger partial charge in [-0.3, -0.25) is 4.79 Å². The first-order chi connectivity index (χ1) is 10.2. The normalized spacial score (nSPS) is 10.0. The van der Waals surface area contributed by atoms with Gasteiger partial charge in [-0.2, -0.15) is 0 Å². The first kappa shape index (κ1) is 15.6. The molecule has 2 rings (SSSR count). The summed E-state index contributed by atoms with van der Waals surface area (Å²) in [6.45, 7) is 0.399. The van der Waals surface area contributed by atoms with Crippen LogP contribution in [0.4, 0.5) is 0 Å². The minimum Gasteiger partial charge on any atom is -0.484 e. The van der Waals surface area contributed by atoms with Gasteiger partial charge in [0.25, 0.3) is 5.91 Å². The van der Waals surface area contributed by atoms with Crippen LogP contribution in [0, 0.1) is 3.57 Å². The van der Waals surface area contributed by atoms with Crippen molar-refractivity contribution >= 4 is 28.5 Å². The van der Waals surface area contributed by atoms with Crippen molar-refractivity contribution in [2.45, 2.75) is 6.54 Å². The highest BCUT2D eigenvalue weighted by Crippen LogP contribution is 2.13. The van der Waals surface area contributed by atoms with Crippen LogP contribution in [-0.2, 0) is 11.3 Å². The van der Waals surface area contributed by atoms with Gasteiger partial charge in [-0.05, 0) is 52.4 Å². The largest absolute Gasteiger partial charge is 0.484 e. The van der Waals surface area contributed by atoms with Gasteiger partial charge in [0.1, 0.15) is 5.75 Å². The minimum absolute atomic E-state index is 0.00975. The Bertz CT molecular complexity index is 585. The number of hydrogen-bond donors (Lipinski definition) is 1. The molecule has 0 saturated carbocycles. The summed E-state index contributed by atoms with van der Waals surface area (Å²) in [5, 5.41) is 2.77. The molecule has 0 aliphatic heterocycles. The molecule has 2 aromatic rings. The summed E-state index contributed by atoms with van der Waals surface area (Å²) < 4.78 is 11.5. The summed E-state index contributed by atoms with van der Waals surface area (Å²) >= 11 is 2.21. The molecule has 1 amide bonds. The lowest BCUT2D eigenvalue weighted by molar-refractivity contribution is -0.123. The van der Waals surface area contributed by atoms with E-state index < -0.39 is 0 Å². The van der Waals surface area contributed by atoms with Gasteiger partial charge in [-0.25, -0.2) is 4.98 Å². The number of carbonyl (C=O) groups is 1. The molecule has 1 N–H and O–H groups in total. The highest BCUT2D eigenvalue weighted by atomic mass is 127. The van der Waals surface area contributed by atoms with Gasteiger partial charge in [0, 0.05) is 22.4 Å². The summed E-state index contributed by atoms with van der Waals surface area (Å²) in [7, 11) is 1.56. The molecule has 0 saturated heterocycles. The van der Waals surface area contributed by atoms with Gasteiger partial charge < -0.3 is 14.8 Å². The number of ether oxygens (including phenoxy) is 2. The fourth-order valence-electron chi connectivity index (χ4n) is 1.57. The number of nitrogens with zero attached hydrogens (tertiary/aromatic N) is 1. The summed E-state index contributed by atoms with van der Waals surface area (Å²) in [5.74, 6) is 1.05. The number of benzene rings is 1. The zero-order chi connectivity index (χ0) is 15.1. The molecule has 0 atom stereocenters. The molecule has 5 nitrogen and oxygen atoms in total. The Hall–Kier alpha value is -1.83. The van der Waals surface area contributed by atoms with Crippen molar-refractivity contribution in [3.63, 3.8) is 0 Å². The van der Waals surface area contributed by atoms with E-state index >= 15 is 0 Å². The highest BCUT2D eigenvalue weighted by molar-refractivity contribution is 14.1. The van der Waals surface area contributed by atoms with Crippen molar-refractivity contribution in [2.24, 2.45) is 0 Å². The standard InChI is InChI=1S/C15H15IN2O3/c1-20-15-7-2-11(9-18-15)8-17-14(19)10-21-13-5-3-12(16)4-6-13/h2-7,9H,8,10H2,1H3,(H,17,19). The van der Waals surface area contributed by atoms with Gasteiger partial charge >= 0.3 is 0 Å². The predicted molar refractivity (Wildman–Crippen MR) is 87.3 cm³/mol. The number of amides is 1. The number of methoxy groups -OCH3 is 1. The van der Waals surface area contributed by atoms with E-state index in [1.165, 1.54) is 0 Å². The van der Waals surface area contributed by atoms with Gasteiger partial charge in [0.05, 0.1) is 7.11 Å². The number of halogens is 1. The first-order valence-corrected chi connectivity index (χ1v) is 7.39. The van der Waals surface area contributed by atoms with Crippen molar-refractivity contribution < 1.29 is 14.3 Å². The molecule has 0 radical (unpaired) electrons. The van der Waals surface area contributed by atoms with Crippen molar-refractivity contribution in [3.8, 4) is 11.6 Å². The van der Waals surface area contributed by atoms with Gasteiger partial charge in [0.2, 0.25) is 5.88 Å². The molecular formula is C15H15IN2O3. The molecular weight excluding hydrogens is 383 g/mol. The summed E-state index contributed by atoms with van der Waals surface area (Å²) in [6.07, 6.45) is 1.67. The topological polar surface area (TPSA) is 60.5 Å². The molecule has 21 heavy (non-hydrogen) atoms. The van der Waals surface area contributed by atoms with Crippen molar-refractivity contribution in [1.82, 2.24) is 10.3 Å². The fraction of sp³-hybridized carbons (Fsp3) is 0.200. The average molecular weight is 398 g/mol. The second-order valence-electron chi connectivity index (χ2n) is 4.23. The van der Waals surface area contributed by atoms with Crippen LogP contribution in [0.2, 0.25) is 0 Å². The molecule has 110 valence electrons. The lowest BCUT2D eigenvalue weighted by atomic mass is 10.3. The first-order valence-electron chi connectivity index (χ1n) is 6.31. The Balaban J connectivity index is 1.75. The molecule has 1 heterocycles. The molecule has 1 aromatic carbocycles. The number of pyridine rings is 1. The van der Waals surface area contributed by atoms with Crippen LogP contribution in [0.25, 0.3) is 0 Å². The number of aromatic nitrogens is 1. The fourth-order valence-corrected chi connectivity index (χ4v) is 1.93. The number of carbonyl (C=O) groups excluding carboxylic acids is 1. The van der Waals surface area contributed by atoms with Crippen LogP contribution >= 0.6 is 22.6 Å². The molecule has 0 unspecified atom stereocenters. The van der Waals surface area contributed by atoms with Crippen molar-refractivity contribution in [2.75, 3.05) is 13.7 Å². The van der Waals surface area contributed by atoms with Crippen molar-refractivity contribution in [1.29, 1.82) is 0 Å². The zero-order valence-electron chi connectivity index (χ0n) is 11.5.